The molecule has 34 heavy (non-hydrogen) atoms. The van der Waals surface area contributed by atoms with Crippen LogP contribution in [0.3, 0.4) is 0 Å². The molecular formula is C27H24F3NO2S. The lowest BCUT2D eigenvalue weighted by atomic mass is 9.99. The van der Waals surface area contributed by atoms with Crippen molar-refractivity contribution in [3.8, 4) is 11.1 Å². The quantitative estimate of drug-likeness (QED) is 0.292. The highest BCUT2D eigenvalue weighted by atomic mass is 32.1. The highest BCUT2D eigenvalue weighted by Crippen LogP contribution is 2.39. The summed E-state index contributed by atoms with van der Waals surface area (Å²) in [5, 5.41) is 3.90. The molecule has 0 saturated carbocycles. The van der Waals surface area contributed by atoms with Crippen molar-refractivity contribution in [3.05, 3.63) is 93.9 Å². The SMILES string of the molecule is COCCNC(=O)c1cccc(-c2cccc3c(C)c(Cc4cccc(C(F)(F)F)c4)sc23)c1. The van der Waals surface area contributed by atoms with E-state index in [1.807, 2.05) is 43.3 Å². The Balaban J connectivity index is 1.68. The minimum Gasteiger partial charge on any atom is -0.383 e. The van der Waals surface area contributed by atoms with Crippen LogP contribution in [0.1, 0.15) is 31.9 Å². The van der Waals surface area contributed by atoms with Gasteiger partial charge in [0, 0.05) is 35.2 Å². The van der Waals surface area contributed by atoms with Crippen LogP contribution in [-0.4, -0.2) is 26.2 Å². The number of hydrogen-bond acceptors (Lipinski definition) is 3. The first-order valence-corrected chi connectivity index (χ1v) is 11.6. The monoisotopic (exact) mass is 483 g/mol. The van der Waals surface area contributed by atoms with Gasteiger partial charge in [0.25, 0.3) is 5.91 Å². The first kappa shape index (κ1) is 24.0. The molecule has 0 unspecified atom stereocenters. The molecular weight excluding hydrogens is 459 g/mol. The summed E-state index contributed by atoms with van der Waals surface area (Å²) in [6.07, 6.45) is -3.93. The normalized spacial score (nSPS) is 11.7. The lowest BCUT2D eigenvalue weighted by Gasteiger charge is -2.08. The Morgan fingerprint density at radius 1 is 1.03 bits per heavy atom. The molecule has 176 valence electrons. The van der Waals surface area contributed by atoms with E-state index in [2.05, 4.69) is 5.32 Å². The number of benzene rings is 3. The summed E-state index contributed by atoms with van der Waals surface area (Å²) >= 11 is 1.59. The number of hydrogen-bond donors (Lipinski definition) is 1. The smallest absolute Gasteiger partial charge is 0.383 e. The number of amides is 1. The van der Waals surface area contributed by atoms with Crippen LogP contribution < -0.4 is 5.32 Å². The number of carbonyl (C=O) groups excluding carboxylic acids is 1. The molecule has 7 heteroatoms. The highest BCUT2D eigenvalue weighted by Gasteiger charge is 2.30. The molecule has 0 spiro atoms. The number of methoxy groups -OCH3 is 1. The van der Waals surface area contributed by atoms with Crippen LogP contribution in [0, 0.1) is 6.92 Å². The van der Waals surface area contributed by atoms with E-state index in [1.54, 1.807) is 30.6 Å². The van der Waals surface area contributed by atoms with Crippen molar-refractivity contribution in [3.63, 3.8) is 0 Å². The molecule has 0 aliphatic rings. The van der Waals surface area contributed by atoms with Crippen molar-refractivity contribution in [2.24, 2.45) is 0 Å². The molecule has 0 radical (unpaired) electrons. The fourth-order valence-corrected chi connectivity index (χ4v) is 5.30. The van der Waals surface area contributed by atoms with Gasteiger partial charge in [0.1, 0.15) is 0 Å². The number of nitrogens with one attached hydrogen (secondary N) is 1. The van der Waals surface area contributed by atoms with Crippen LogP contribution in [0.25, 0.3) is 21.2 Å². The molecule has 1 heterocycles. The van der Waals surface area contributed by atoms with Gasteiger partial charge in [-0.25, -0.2) is 0 Å². The lowest BCUT2D eigenvalue weighted by molar-refractivity contribution is -0.137. The van der Waals surface area contributed by atoms with Gasteiger partial charge in [-0.2, -0.15) is 13.2 Å². The number of alkyl halides is 3. The minimum absolute atomic E-state index is 0.168. The van der Waals surface area contributed by atoms with Crippen molar-refractivity contribution in [1.29, 1.82) is 0 Å². The average Bonchev–Trinajstić information content (AvgIpc) is 3.14. The van der Waals surface area contributed by atoms with Gasteiger partial charge < -0.3 is 10.1 Å². The van der Waals surface area contributed by atoms with E-state index in [0.717, 1.165) is 37.7 Å². The fraction of sp³-hybridized carbons (Fsp3) is 0.222. The third kappa shape index (κ3) is 5.16. The van der Waals surface area contributed by atoms with E-state index in [9.17, 15) is 18.0 Å². The molecule has 1 N–H and O–H groups in total. The van der Waals surface area contributed by atoms with Gasteiger partial charge >= 0.3 is 6.18 Å². The minimum atomic E-state index is -4.36. The lowest BCUT2D eigenvalue weighted by Crippen LogP contribution is -2.26. The third-order valence-electron chi connectivity index (χ3n) is 5.71. The summed E-state index contributed by atoms with van der Waals surface area (Å²) in [6, 6.07) is 18.9. The number of rotatable bonds is 7. The summed E-state index contributed by atoms with van der Waals surface area (Å²) in [5.41, 5.74) is 3.52. The summed E-state index contributed by atoms with van der Waals surface area (Å²) in [7, 11) is 1.58. The van der Waals surface area contributed by atoms with Gasteiger partial charge in [-0.1, -0.05) is 48.5 Å². The zero-order chi connectivity index (χ0) is 24.3. The highest BCUT2D eigenvalue weighted by molar-refractivity contribution is 7.19. The largest absolute Gasteiger partial charge is 0.416 e. The number of fused-ring (bicyclic) bond motifs is 1. The summed E-state index contributed by atoms with van der Waals surface area (Å²) in [4.78, 5) is 13.5. The molecule has 1 amide bonds. The van der Waals surface area contributed by atoms with E-state index >= 15 is 0 Å². The fourth-order valence-electron chi connectivity index (χ4n) is 3.93. The van der Waals surface area contributed by atoms with E-state index in [4.69, 9.17) is 4.74 Å². The molecule has 0 saturated heterocycles. The van der Waals surface area contributed by atoms with E-state index in [1.165, 1.54) is 12.1 Å². The molecule has 0 bridgehead atoms. The number of ether oxygens (including phenoxy) is 1. The molecule has 4 rings (SSSR count). The number of halogens is 3. The first-order valence-electron chi connectivity index (χ1n) is 10.8. The number of carbonyl (C=O) groups is 1. The topological polar surface area (TPSA) is 38.3 Å². The van der Waals surface area contributed by atoms with Gasteiger partial charge in [0.2, 0.25) is 0 Å². The second-order valence-electron chi connectivity index (χ2n) is 8.04. The molecule has 0 aliphatic heterocycles. The Hall–Kier alpha value is -3.16. The Morgan fingerprint density at radius 2 is 1.79 bits per heavy atom. The molecule has 4 aromatic rings. The summed E-state index contributed by atoms with van der Waals surface area (Å²) < 4.78 is 45.4. The van der Waals surface area contributed by atoms with Crippen LogP contribution >= 0.6 is 11.3 Å². The van der Waals surface area contributed by atoms with Crippen LogP contribution in [0.15, 0.2) is 66.7 Å². The average molecular weight is 484 g/mol. The maximum absolute atomic E-state index is 13.1. The van der Waals surface area contributed by atoms with E-state index in [0.29, 0.717) is 30.7 Å². The number of thiophene rings is 1. The summed E-state index contributed by atoms with van der Waals surface area (Å²) in [6.45, 7) is 2.87. The Labute approximate surface area is 200 Å². The zero-order valence-electron chi connectivity index (χ0n) is 18.8. The maximum Gasteiger partial charge on any atom is 0.416 e. The van der Waals surface area contributed by atoms with Crippen LogP contribution in [0.5, 0.6) is 0 Å². The van der Waals surface area contributed by atoms with Crippen LogP contribution in [-0.2, 0) is 17.3 Å². The van der Waals surface area contributed by atoms with Gasteiger partial charge in [0.15, 0.2) is 0 Å². The second-order valence-corrected chi connectivity index (χ2v) is 9.14. The Morgan fingerprint density at radius 3 is 2.56 bits per heavy atom. The van der Waals surface area contributed by atoms with Crippen LogP contribution in [0.2, 0.25) is 0 Å². The van der Waals surface area contributed by atoms with Crippen molar-refractivity contribution < 1.29 is 22.7 Å². The molecule has 0 atom stereocenters. The molecule has 0 aliphatic carbocycles. The van der Waals surface area contributed by atoms with E-state index < -0.39 is 11.7 Å². The molecule has 3 aromatic carbocycles. The second kappa shape index (κ2) is 9.99. The maximum atomic E-state index is 13.1. The van der Waals surface area contributed by atoms with Gasteiger partial charge in [-0.15, -0.1) is 11.3 Å². The Kier molecular flexibility index (Phi) is 7.05. The van der Waals surface area contributed by atoms with Gasteiger partial charge in [-0.05, 0) is 52.8 Å². The standard InChI is InChI=1S/C27H24F3NO2S/c1-17-22-10-5-11-23(19-7-4-8-20(16-19)26(32)31-12-13-33-2)25(22)34-24(17)15-18-6-3-9-21(14-18)27(28,29)30/h3-11,14,16H,12-13,15H2,1-2H3,(H,31,32). The zero-order valence-corrected chi connectivity index (χ0v) is 19.6. The van der Waals surface area contributed by atoms with Gasteiger partial charge in [-0.3, -0.25) is 4.79 Å². The van der Waals surface area contributed by atoms with Crippen molar-refractivity contribution in [2.75, 3.05) is 20.3 Å². The van der Waals surface area contributed by atoms with Crippen LogP contribution in [0.4, 0.5) is 13.2 Å². The molecule has 0 fully saturated rings. The Bertz CT molecular complexity index is 1330. The third-order valence-corrected chi connectivity index (χ3v) is 7.05. The number of aryl methyl sites for hydroxylation is 1. The molecule has 3 nitrogen and oxygen atoms in total. The predicted octanol–water partition coefficient (Wildman–Crippen LogP) is 6.86. The van der Waals surface area contributed by atoms with Crippen molar-refractivity contribution in [1.82, 2.24) is 5.32 Å². The van der Waals surface area contributed by atoms with Crippen molar-refractivity contribution >= 4 is 27.3 Å². The van der Waals surface area contributed by atoms with E-state index in [-0.39, 0.29) is 5.91 Å². The van der Waals surface area contributed by atoms with Crippen molar-refractivity contribution in [2.45, 2.75) is 19.5 Å². The first-order chi connectivity index (χ1) is 16.3. The predicted molar refractivity (Wildman–Crippen MR) is 130 cm³/mol. The molecule has 1 aromatic heterocycles. The summed E-state index contributed by atoms with van der Waals surface area (Å²) in [5.74, 6) is -0.168. The van der Waals surface area contributed by atoms with Gasteiger partial charge in [0.05, 0.1) is 12.2 Å².